The minimum atomic E-state index is 0.107. The van der Waals surface area contributed by atoms with Crippen LogP contribution in [-0.2, 0) is 0 Å². The summed E-state index contributed by atoms with van der Waals surface area (Å²) in [5.74, 6) is 0.666. The number of hydrogen-bond donors (Lipinski definition) is 2. The van der Waals surface area contributed by atoms with E-state index < -0.39 is 0 Å². The van der Waals surface area contributed by atoms with Crippen LogP contribution in [0.25, 0.3) is 0 Å². The van der Waals surface area contributed by atoms with Gasteiger partial charge in [-0.05, 0) is 54.3 Å². The molecule has 1 amide bonds. The standard InChI is InChI=1S/C12H18IN3O/c1-8(14)9-2-4-16(5-3-9)12(17)11-6-10(13)7-15-11/h6-9,15H,2-5,14H2,1H3. The number of likely N-dealkylation sites (tertiary alicyclic amines) is 1. The van der Waals surface area contributed by atoms with Crippen molar-refractivity contribution in [3.8, 4) is 0 Å². The van der Waals surface area contributed by atoms with Gasteiger partial charge in [-0.1, -0.05) is 0 Å². The lowest BCUT2D eigenvalue weighted by molar-refractivity contribution is 0.0676. The Morgan fingerprint density at radius 1 is 1.59 bits per heavy atom. The van der Waals surface area contributed by atoms with E-state index in [9.17, 15) is 4.79 Å². The molecule has 1 aromatic rings. The first-order chi connectivity index (χ1) is 8.08. The summed E-state index contributed by atoms with van der Waals surface area (Å²) in [5.41, 5.74) is 6.58. The molecular formula is C12H18IN3O. The van der Waals surface area contributed by atoms with Gasteiger partial charge in [0.25, 0.3) is 5.91 Å². The number of nitrogens with one attached hydrogen (secondary N) is 1. The zero-order chi connectivity index (χ0) is 12.4. The molecule has 5 heteroatoms. The average Bonchev–Trinajstić information content (AvgIpc) is 2.75. The highest BCUT2D eigenvalue weighted by Crippen LogP contribution is 2.21. The molecule has 1 unspecified atom stereocenters. The molecule has 3 N–H and O–H groups in total. The van der Waals surface area contributed by atoms with E-state index in [1.165, 1.54) is 0 Å². The summed E-state index contributed by atoms with van der Waals surface area (Å²) in [7, 11) is 0. The van der Waals surface area contributed by atoms with Crippen molar-refractivity contribution in [1.82, 2.24) is 9.88 Å². The van der Waals surface area contributed by atoms with Gasteiger partial charge in [0.15, 0.2) is 0 Å². The van der Waals surface area contributed by atoms with Gasteiger partial charge in [0.1, 0.15) is 5.69 Å². The van der Waals surface area contributed by atoms with E-state index in [1.807, 2.05) is 17.2 Å². The molecule has 17 heavy (non-hydrogen) atoms. The largest absolute Gasteiger partial charge is 0.356 e. The third-order valence-electron chi connectivity index (χ3n) is 3.45. The number of H-pyrrole nitrogens is 1. The van der Waals surface area contributed by atoms with E-state index in [2.05, 4.69) is 34.5 Å². The van der Waals surface area contributed by atoms with Crippen LogP contribution >= 0.6 is 22.6 Å². The van der Waals surface area contributed by atoms with Crippen molar-refractivity contribution in [3.63, 3.8) is 0 Å². The Bertz CT molecular complexity index is 394. The molecule has 0 aliphatic carbocycles. The highest BCUT2D eigenvalue weighted by molar-refractivity contribution is 14.1. The second-order valence-corrected chi connectivity index (χ2v) is 5.97. The van der Waals surface area contributed by atoms with E-state index in [4.69, 9.17) is 5.73 Å². The van der Waals surface area contributed by atoms with Crippen molar-refractivity contribution in [3.05, 3.63) is 21.5 Å². The van der Waals surface area contributed by atoms with Crippen LogP contribution in [0.5, 0.6) is 0 Å². The van der Waals surface area contributed by atoms with Gasteiger partial charge in [-0.3, -0.25) is 4.79 Å². The normalized spacial score (nSPS) is 19.4. The van der Waals surface area contributed by atoms with Crippen molar-refractivity contribution in [2.45, 2.75) is 25.8 Å². The minimum absolute atomic E-state index is 0.107. The van der Waals surface area contributed by atoms with Crippen molar-refractivity contribution < 1.29 is 4.79 Å². The van der Waals surface area contributed by atoms with Crippen LogP contribution in [0.4, 0.5) is 0 Å². The van der Waals surface area contributed by atoms with Crippen LogP contribution in [0, 0.1) is 9.49 Å². The quantitative estimate of drug-likeness (QED) is 0.802. The number of halogens is 1. The predicted octanol–water partition coefficient (Wildman–Crippen LogP) is 1.82. The molecule has 4 nitrogen and oxygen atoms in total. The molecule has 2 rings (SSSR count). The second kappa shape index (κ2) is 5.39. The van der Waals surface area contributed by atoms with E-state index in [-0.39, 0.29) is 11.9 Å². The summed E-state index contributed by atoms with van der Waals surface area (Å²) >= 11 is 2.20. The van der Waals surface area contributed by atoms with Gasteiger partial charge in [-0.2, -0.15) is 0 Å². The molecule has 1 fully saturated rings. The summed E-state index contributed by atoms with van der Waals surface area (Å²) in [4.78, 5) is 17.1. The van der Waals surface area contributed by atoms with Crippen LogP contribution in [0.15, 0.2) is 12.3 Å². The summed E-state index contributed by atoms with van der Waals surface area (Å²) in [6, 6.07) is 2.12. The van der Waals surface area contributed by atoms with Crippen LogP contribution in [0.2, 0.25) is 0 Å². The smallest absolute Gasteiger partial charge is 0.270 e. The molecule has 1 atom stereocenters. The van der Waals surface area contributed by atoms with Crippen molar-refractivity contribution in [1.29, 1.82) is 0 Å². The number of nitrogens with zero attached hydrogens (tertiary/aromatic N) is 1. The first-order valence-corrected chi connectivity index (χ1v) is 7.04. The first-order valence-electron chi connectivity index (χ1n) is 5.96. The number of aromatic nitrogens is 1. The molecule has 0 radical (unpaired) electrons. The maximum atomic E-state index is 12.1. The zero-order valence-corrected chi connectivity index (χ0v) is 12.1. The fourth-order valence-electron chi connectivity index (χ4n) is 2.29. The Labute approximate surface area is 115 Å². The van der Waals surface area contributed by atoms with Crippen LogP contribution < -0.4 is 5.73 Å². The monoisotopic (exact) mass is 347 g/mol. The summed E-state index contributed by atoms with van der Waals surface area (Å²) < 4.78 is 1.07. The fraction of sp³-hybridized carbons (Fsp3) is 0.583. The van der Waals surface area contributed by atoms with Crippen LogP contribution in [-0.4, -0.2) is 34.9 Å². The number of hydrogen-bond acceptors (Lipinski definition) is 2. The highest BCUT2D eigenvalue weighted by Gasteiger charge is 2.25. The number of nitrogens with two attached hydrogens (primary N) is 1. The Kier molecular flexibility index (Phi) is 4.09. The molecule has 2 heterocycles. The Morgan fingerprint density at radius 3 is 2.71 bits per heavy atom. The number of piperidine rings is 1. The van der Waals surface area contributed by atoms with Gasteiger partial charge in [0.2, 0.25) is 0 Å². The predicted molar refractivity (Wildman–Crippen MR) is 75.8 cm³/mol. The van der Waals surface area contributed by atoms with Gasteiger partial charge in [-0.15, -0.1) is 0 Å². The number of carbonyl (C=O) groups excluding carboxylic acids is 1. The maximum absolute atomic E-state index is 12.1. The van der Waals surface area contributed by atoms with E-state index in [0.29, 0.717) is 11.6 Å². The lowest BCUT2D eigenvalue weighted by Gasteiger charge is -2.33. The topological polar surface area (TPSA) is 62.1 Å². The fourth-order valence-corrected chi connectivity index (χ4v) is 2.76. The first kappa shape index (κ1) is 12.9. The molecule has 94 valence electrons. The summed E-state index contributed by atoms with van der Waals surface area (Å²) in [6.07, 6.45) is 3.88. The van der Waals surface area contributed by atoms with E-state index in [0.717, 1.165) is 29.5 Å². The van der Waals surface area contributed by atoms with E-state index in [1.54, 1.807) is 0 Å². The summed E-state index contributed by atoms with van der Waals surface area (Å²) in [5, 5.41) is 0. The molecule has 0 spiro atoms. The van der Waals surface area contributed by atoms with Crippen molar-refractivity contribution in [2.75, 3.05) is 13.1 Å². The molecule has 1 aliphatic heterocycles. The van der Waals surface area contributed by atoms with Gasteiger partial charge in [0, 0.05) is 28.9 Å². The summed E-state index contributed by atoms with van der Waals surface area (Å²) in [6.45, 7) is 3.69. The zero-order valence-electron chi connectivity index (χ0n) is 9.95. The number of aromatic amines is 1. The minimum Gasteiger partial charge on any atom is -0.356 e. The molecule has 1 aromatic heterocycles. The van der Waals surface area contributed by atoms with E-state index >= 15 is 0 Å². The Morgan fingerprint density at radius 2 is 2.24 bits per heavy atom. The lowest BCUT2D eigenvalue weighted by Crippen LogP contribution is -2.42. The van der Waals surface area contributed by atoms with Crippen molar-refractivity contribution >= 4 is 28.5 Å². The van der Waals surface area contributed by atoms with Crippen LogP contribution in [0.1, 0.15) is 30.3 Å². The Hall–Kier alpha value is -0.560. The molecule has 0 bridgehead atoms. The number of rotatable bonds is 2. The molecule has 1 saturated heterocycles. The van der Waals surface area contributed by atoms with Gasteiger partial charge < -0.3 is 15.6 Å². The third kappa shape index (κ3) is 3.01. The Balaban J connectivity index is 1.95. The van der Waals surface area contributed by atoms with Gasteiger partial charge in [-0.25, -0.2) is 0 Å². The third-order valence-corrected chi connectivity index (χ3v) is 4.07. The molecule has 0 saturated carbocycles. The van der Waals surface area contributed by atoms with Crippen molar-refractivity contribution in [2.24, 2.45) is 11.7 Å². The number of carbonyl (C=O) groups is 1. The van der Waals surface area contributed by atoms with Gasteiger partial charge in [0.05, 0.1) is 0 Å². The molecular weight excluding hydrogens is 329 g/mol. The average molecular weight is 347 g/mol. The second-order valence-electron chi connectivity index (χ2n) is 4.72. The molecule has 1 aliphatic rings. The SMILES string of the molecule is CC(N)C1CCN(C(=O)c2cc(I)c[nH]2)CC1. The maximum Gasteiger partial charge on any atom is 0.270 e. The van der Waals surface area contributed by atoms with Crippen LogP contribution in [0.3, 0.4) is 0 Å². The van der Waals surface area contributed by atoms with Gasteiger partial charge >= 0.3 is 0 Å². The molecule has 0 aromatic carbocycles. The number of amides is 1. The lowest BCUT2D eigenvalue weighted by atomic mass is 9.91. The highest BCUT2D eigenvalue weighted by atomic mass is 127.